The number of nitrogens with one attached hydrogen (secondary N) is 2. The number of aryl methyl sites for hydroxylation is 1. The van der Waals surface area contributed by atoms with Crippen molar-refractivity contribution >= 4 is 40.6 Å². The molecule has 1 aliphatic heterocycles. The highest BCUT2D eigenvalue weighted by atomic mass is 32.1. The summed E-state index contributed by atoms with van der Waals surface area (Å²) >= 11 is 5.85. The number of aromatic nitrogens is 2. The molecule has 1 amide bonds. The predicted molar refractivity (Wildman–Crippen MR) is 151 cm³/mol. The molecule has 1 aliphatic rings. The van der Waals surface area contributed by atoms with Crippen LogP contribution in [0, 0.1) is 13.8 Å². The molecule has 192 valence electrons. The number of carbonyl (C=O) groups is 2. The second kappa shape index (κ2) is 10.1. The number of carboxylic acids is 1. The summed E-state index contributed by atoms with van der Waals surface area (Å²) in [6, 6.07) is 22.0. The van der Waals surface area contributed by atoms with Gasteiger partial charge in [0.05, 0.1) is 23.3 Å². The van der Waals surface area contributed by atoms with Gasteiger partial charge in [-0.15, -0.1) is 0 Å². The van der Waals surface area contributed by atoms with Crippen LogP contribution in [-0.4, -0.2) is 31.6 Å². The summed E-state index contributed by atoms with van der Waals surface area (Å²) in [7, 11) is 0. The Labute approximate surface area is 225 Å². The maximum atomic E-state index is 11.5. The number of amides is 1. The van der Waals surface area contributed by atoms with Crippen LogP contribution in [0.4, 0.5) is 11.4 Å². The van der Waals surface area contributed by atoms with Crippen LogP contribution >= 0.6 is 12.2 Å². The first kappa shape index (κ1) is 25.2. The van der Waals surface area contributed by atoms with E-state index >= 15 is 0 Å². The molecule has 2 aromatic carbocycles. The predicted octanol–water partition coefficient (Wildman–Crippen LogP) is 5.32. The van der Waals surface area contributed by atoms with Crippen molar-refractivity contribution in [3.8, 4) is 5.69 Å². The minimum atomic E-state index is -0.956. The first-order chi connectivity index (χ1) is 18.2. The Morgan fingerprint density at radius 2 is 1.68 bits per heavy atom. The number of hydrogen-bond acceptors (Lipinski definition) is 4. The summed E-state index contributed by atoms with van der Waals surface area (Å²) in [5, 5.41) is 16.2. The molecule has 2 aromatic heterocycles. The molecule has 0 saturated carbocycles. The van der Waals surface area contributed by atoms with E-state index in [1.54, 1.807) is 18.3 Å². The maximum absolute atomic E-state index is 11.5. The van der Waals surface area contributed by atoms with Gasteiger partial charge in [-0.25, -0.2) is 4.79 Å². The van der Waals surface area contributed by atoms with Crippen molar-refractivity contribution < 1.29 is 14.7 Å². The summed E-state index contributed by atoms with van der Waals surface area (Å²) in [5.74, 6) is -1.09. The van der Waals surface area contributed by atoms with Crippen LogP contribution < -0.4 is 15.5 Å². The van der Waals surface area contributed by atoms with Crippen molar-refractivity contribution in [2.45, 2.75) is 32.9 Å². The van der Waals surface area contributed by atoms with Crippen molar-refractivity contribution in [3.63, 3.8) is 0 Å². The third kappa shape index (κ3) is 4.64. The van der Waals surface area contributed by atoms with Crippen LogP contribution in [0.5, 0.6) is 0 Å². The number of pyridine rings is 1. The first-order valence-electron chi connectivity index (χ1n) is 12.2. The minimum Gasteiger partial charge on any atom is -0.478 e. The van der Waals surface area contributed by atoms with Crippen molar-refractivity contribution in [1.29, 1.82) is 0 Å². The van der Waals surface area contributed by atoms with Crippen LogP contribution in [0.15, 0.2) is 79.0 Å². The number of aromatic carboxylic acids is 1. The van der Waals surface area contributed by atoms with Crippen molar-refractivity contribution in [2.24, 2.45) is 0 Å². The second-order valence-corrected chi connectivity index (χ2v) is 9.63. The third-order valence-electron chi connectivity index (χ3n) is 6.73. The normalized spacial score (nSPS) is 16.8. The fourth-order valence-corrected chi connectivity index (χ4v) is 5.44. The van der Waals surface area contributed by atoms with Gasteiger partial charge >= 0.3 is 5.97 Å². The van der Waals surface area contributed by atoms with Crippen molar-refractivity contribution in [1.82, 2.24) is 14.9 Å². The van der Waals surface area contributed by atoms with Gasteiger partial charge in [-0.1, -0.05) is 6.07 Å². The summed E-state index contributed by atoms with van der Waals surface area (Å²) in [6.07, 6.45) is 1.77. The lowest BCUT2D eigenvalue weighted by Crippen LogP contribution is -2.29. The molecule has 9 heteroatoms. The van der Waals surface area contributed by atoms with Gasteiger partial charge in [0.2, 0.25) is 5.91 Å². The van der Waals surface area contributed by atoms with Gasteiger partial charge in [-0.2, -0.15) is 0 Å². The smallest absolute Gasteiger partial charge is 0.335 e. The monoisotopic (exact) mass is 525 g/mol. The molecule has 5 rings (SSSR count). The minimum absolute atomic E-state index is 0.131. The van der Waals surface area contributed by atoms with Crippen LogP contribution in [0.3, 0.4) is 0 Å². The van der Waals surface area contributed by atoms with Crippen LogP contribution in [0.1, 0.15) is 52.0 Å². The van der Waals surface area contributed by atoms with E-state index in [-0.39, 0.29) is 23.6 Å². The lowest BCUT2D eigenvalue weighted by atomic mass is 9.96. The Hall–Kier alpha value is -4.50. The number of hydrogen-bond donors (Lipinski definition) is 3. The quantitative estimate of drug-likeness (QED) is 0.293. The lowest BCUT2D eigenvalue weighted by molar-refractivity contribution is -0.114. The Morgan fingerprint density at radius 3 is 2.29 bits per heavy atom. The molecule has 0 spiro atoms. The lowest BCUT2D eigenvalue weighted by Gasteiger charge is -2.28. The Kier molecular flexibility index (Phi) is 6.69. The summed E-state index contributed by atoms with van der Waals surface area (Å²) in [6.45, 7) is 5.57. The number of rotatable bonds is 6. The number of thiocarbonyl (C=S) groups is 1. The van der Waals surface area contributed by atoms with Crippen LogP contribution in [-0.2, 0) is 4.79 Å². The molecule has 0 radical (unpaired) electrons. The van der Waals surface area contributed by atoms with Crippen molar-refractivity contribution in [2.75, 3.05) is 10.2 Å². The Morgan fingerprint density at radius 1 is 1.00 bits per heavy atom. The fraction of sp³-hybridized carbons (Fsp3) is 0.172. The average Bonchev–Trinajstić information content (AvgIpc) is 3.39. The van der Waals surface area contributed by atoms with E-state index in [0.29, 0.717) is 10.8 Å². The Balaban J connectivity index is 1.61. The highest BCUT2D eigenvalue weighted by Gasteiger charge is 2.42. The molecule has 0 bridgehead atoms. The molecule has 1 saturated heterocycles. The second-order valence-electron chi connectivity index (χ2n) is 9.24. The van der Waals surface area contributed by atoms with Gasteiger partial charge in [0, 0.05) is 41.6 Å². The molecule has 38 heavy (non-hydrogen) atoms. The fourth-order valence-electron chi connectivity index (χ4n) is 5.10. The van der Waals surface area contributed by atoms with Crippen LogP contribution in [0.2, 0.25) is 0 Å². The van der Waals surface area contributed by atoms with Crippen molar-refractivity contribution in [3.05, 3.63) is 107 Å². The van der Waals surface area contributed by atoms with E-state index in [4.69, 9.17) is 12.2 Å². The van der Waals surface area contributed by atoms with E-state index in [9.17, 15) is 14.7 Å². The zero-order chi connectivity index (χ0) is 27.0. The summed E-state index contributed by atoms with van der Waals surface area (Å²) < 4.78 is 2.12. The largest absolute Gasteiger partial charge is 0.478 e. The van der Waals surface area contributed by atoms with E-state index in [1.165, 1.54) is 6.92 Å². The zero-order valence-electron chi connectivity index (χ0n) is 21.2. The molecular formula is C29H27N5O3S. The number of nitrogens with zero attached hydrogens (tertiary/aromatic N) is 3. The molecule has 2 unspecified atom stereocenters. The van der Waals surface area contributed by atoms with Crippen LogP contribution in [0.25, 0.3) is 5.69 Å². The zero-order valence-corrected chi connectivity index (χ0v) is 22.0. The highest BCUT2D eigenvalue weighted by Crippen LogP contribution is 2.43. The third-order valence-corrected chi connectivity index (χ3v) is 7.04. The van der Waals surface area contributed by atoms with Gasteiger partial charge in [-0.05, 0) is 98.4 Å². The standard InChI is InChI=1S/C29H27N5O3S/c1-17-16-24(18(2)33(17)22-11-7-20(8-12-22)28(36)37)27-26(25-6-4-5-15-30-25)32-29(38)34(27)23-13-9-21(10-14-23)31-19(3)35/h4-16,26-27H,1-3H3,(H,31,35)(H,32,38)(H,36,37). The van der Waals surface area contributed by atoms with E-state index in [0.717, 1.165) is 34.0 Å². The SMILES string of the molecule is CC(=O)Nc1ccc(N2C(=S)NC(c3ccccn3)C2c2cc(C)n(-c3ccc(C(=O)O)cc3)c2C)cc1. The Bertz CT molecular complexity index is 1510. The van der Waals surface area contributed by atoms with Gasteiger partial charge in [0.1, 0.15) is 0 Å². The molecule has 3 N–H and O–H groups in total. The number of carbonyl (C=O) groups excluding carboxylic acids is 1. The molecule has 2 atom stereocenters. The summed E-state index contributed by atoms with van der Waals surface area (Å²) in [4.78, 5) is 29.6. The molecule has 0 aliphatic carbocycles. The summed E-state index contributed by atoms with van der Waals surface area (Å²) in [5.41, 5.74) is 6.68. The maximum Gasteiger partial charge on any atom is 0.335 e. The molecule has 3 heterocycles. The topological polar surface area (TPSA) is 99.5 Å². The van der Waals surface area contributed by atoms with Gasteiger partial charge in [0.25, 0.3) is 0 Å². The average molecular weight is 526 g/mol. The molecule has 4 aromatic rings. The number of carboxylic acid groups (broad SMARTS) is 1. The molecular weight excluding hydrogens is 498 g/mol. The highest BCUT2D eigenvalue weighted by molar-refractivity contribution is 7.80. The van der Waals surface area contributed by atoms with E-state index in [2.05, 4.69) is 38.1 Å². The molecule has 1 fully saturated rings. The number of benzene rings is 2. The van der Waals surface area contributed by atoms with Gasteiger partial charge < -0.3 is 25.2 Å². The van der Waals surface area contributed by atoms with Gasteiger partial charge in [-0.3, -0.25) is 9.78 Å². The first-order valence-corrected chi connectivity index (χ1v) is 12.6. The van der Waals surface area contributed by atoms with E-state index in [1.807, 2.05) is 61.5 Å². The van der Waals surface area contributed by atoms with E-state index < -0.39 is 5.97 Å². The molecule has 8 nitrogen and oxygen atoms in total. The number of anilines is 2. The van der Waals surface area contributed by atoms with Gasteiger partial charge in [0.15, 0.2) is 5.11 Å².